The second-order valence-corrected chi connectivity index (χ2v) is 5.22. The fourth-order valence-corrected chi connectivity index (χ4v) is 2.41. The summed E-state index contributed by atoms with van der Waals surface area (Å²) < 4.78 is 0.860. The maximum absolute atomic E-state index is 5.85. The maximum Gasteiger partial charge on any atom is 0.0931 e. The number of halogens is 1. The lowest BCUT2D eigenvalue weighted by molar-refractivity contribution is 0.367. The molecule has 4 heteroatoms. The van der Waals surface area contributed by atoms with Gasteiger partial charge in [0.2, 0.25) is 0 Å². The lowest BCUT2D eigenvalue weighted by atomic mass is 10.4. The summed E-state index contributed by atoms with van der Waals surface area (Å²) in [6, 6.07) is 4.02. The third-order valence-electron chi connectivity index (χ3n) is 1.74. The van der Waals surface area contributed by atoms with E-state index in [9.17, 15) is 0 Å². The highest BCUT2D eigenvalue weighted by Crippen LogP contribution is 2.22. The quantitative estimate of drug-likeness (QED) is 0.617. The van der Waals surface area contributed by atoms with Crippen molar-refractivity contribution in [2.75, 3.05) is 19.3 Å². The molecule has 0 fully saturated rings. The van der Waals surface area contributed by atoms with E-state index in [-0.39, 0.29) is 0 Å². The van der Waals surface area contributed by atoms with Crippen LogP contribution < -0.4 is 0 Å². The molecule has 0 N–H and O–H groups in total. The van der Waals surface area contributed by atoms with Crippen LogP contribution in [0.25, 0.3) is 0 Å². The van der Waals surface area contributed by atoms with Crippen molar-refractivity contribution in [3.8, 4) is 0 Å². The molecule has 0 atom stereocenters. The number of hydrogen-bond donors (Lipinski definition) is 1. The van der Waals surface area contributed by atoms with Gasteiger partial charge in [0.15, 0.2) is 0 Å². The van der Waals surface area contributed by atoms with Crippen LogP contribution in [0.15, 0.2) is 24.3 Å². The van der Waals surface area contributed by atoms with Gasteiger partial charge >= 0.3 is 0 Å². The summed E-state index contributed by atoms with van der Waals surface area (Å²) in [5, 5.41) is 0. The van der Waals surface area contributed by atoms with E-state index in [2.05, 4.69) is 42.8 Å². The fourth-order valence-electron chi connectivity index (χ4n) is 1.10. The van der Waals surface area contributed by atoms with E-state index in [4.69, 9.17) is 11.6 Å². The van der Waals surface area contributed by atoms with Gasteiger partial charge in [-0.05, 0) is 19.2 Å². The first-order valence-electron chi connectivity index (χ1n) is 4.41. The Morgan fingerprint density at radius 1 is 1.50 bits per heavy atom. The first-order chi connectivity index (χ1) is 6.72. The molecular formula is C10H14ClNS2. The molecule has 0 saturated carbocycles. The molecule has 0 aliphatic rings. The van der Waals surface area contributed by atoms with E-state index in [1.807, 2.05) is 6.07 Å². The maximum atomic E-state index is 5.85. The monoisotopic (exact) mass is 247 g/mol. The summed E-state index contributed by atoms with van der Waals surface area (Å²) >= 11 is 11.6. The summed E-state index contributed by atoms with van der Waals surface area (Å²) in [6.45, 7) is 1.91. The Labute approximate surface area is 99.8 Å². The number of thiol groups is 1. The highest BCUT2D eigenvalue weighted by atomic mass is 35.5. The standard InChI is InChI=1S/C10H14ClNS2/c1-12(6-2-3-7-13)8-9-4-5-10(11)14-9/h2-5,13H,6-8H2,1H3. The van der Waals surface area contributed by atoms with Crippen molar-refractivity contribution in [1.82, 2.24) is 4.90 Å². The first-order valence-corrected chi connectivity index (χ1v) is 6.23. The Balaban J connectivity index is 2.33. The van der Waals surface area contributed by atoms with Crippen LogP contribution >= 0.6 is 35.6 Å². The van der Waals surface area contributed by atoms with Gasteiger partial charge in [0.25, 0.3) is 0 Å². The van der Waals surface area contributed by atoms with E-state index >= 15 is 0 Å². The average Bonchev–Trinajstić information content (AvgIpc) is 2.52. The summed E-state index contributed by atoms with van der Waals surface area (Å²) in [6.07, 6.45) is 4.18. The number of thiophene rings is 1. The molecule has 1 rings (SSSR count). The minimum atomic E-state index is 0.804. The fraction of sp³-hybridized carbons (Fsp3) is 0.400. The zero-order chi connectivity index (χ0) is 10.4. The molecule has 14 heavy (non-hydrogen) atoms. The summed E-state index contributed by atoms with van der Waals surface area (Å²) in [5.74, 6) is 0.804. The van der Waals surface area contributed by atoms with Gasteiger partial charge in [-0.3, -0.25) is 4.90 Å². The molecule has 0 radical (unpaired) electrons. The van der Waals surface area contributed by atoms with E-state index in [1.165, 1.54) is 4.88 Å². The molecule has 0 aliphatic carbocycles. The molecule has 1 aromatic rings. The lowest BCUT2D eigenvalue weighted by Crippen LogP contribution is -2.16. The number of nitrogens with zero attached hydrogens (tertiary/aromatic N) is 1. The van der Waals surface area contributed by atoms with Crippen LogP contribution in [0.3, 0.4) is 0 Å². The highest BCUT2D eigenvalue weighted by Gasteiger charge is 2.00. The molecule has 0 bridgehead atoms. The predicted octanol–water partition coefficient (Wildman–Crippen LogP) is 3.32. The number of rotatable bonds is 5. The summed E-state index contributed by atoms with van der Waals surface area (Å²) in [5.41, 5.74) is 0. The molecule has 0 unspecified atom stereocenters. The SMILES string of the molecule is CN(CC=CCS)Cc1ccc(Cl)s1. The molecule has 0 amide bonds. The van der Waals surface area contributed by atoms with Crippen molar-refractivity contribution >= 4 is 35.6 Å². The van der Waals surface area contributed by atoms with E-state index < -0.39 is 0 Å². The number of likely N-dealkylation sites (N-methyl/N-ethyl adjacent to an activating group) is 1. The predicted molar refractivity (Wildman–Crippen MR) is 68.7 cm³/mol. The van der Waals surface area contributed by atoms with E-state index in [1.54, 1.807) is 11.3 Å². The average molecular weight is 248 g/mol. The van der Waals surface area contributed by atoms with Crippen LogP contribution in [-0.4, -0.2) is 24.2 Å². The normalized spacial score (nSPS) is 11.7. The molecular weight excluding hydrogens is 234 g/mol. The van der Waals surface area contributed by atoms with Gasteiger partial charge < -0.3 is 0 Å². The first kappa shape index (κ1) is 12.1. The Morgan fingerprint density at radius 2 is 2.29 bits per heavy atom. The minimum absolute atomic E-state index is 0.804. The lowest BCUT2D eigenvalue weighted by Gasteiger charge is -2.12. The van der Waals surface area contributed by atoms with Crippen LogP contribution in [0.1, 0.15) is 4.88 Å². The van der Waals surface area contributed by atoms with Gasteiger partial charge in [-0.2, -0.15) is 12.6 Å². The molecule has 1 aromatic heterocycles. The van der Waals surface area contributed by atoms with E-state index in [0.717, 1.165) is 23.2 Å². The van der Waals surface area contributed by atoms with Gasteiger partial charge in [0.05, 0.1) is 4.34 Å². The Kier molecular flexibility index (Phi) is 5.63. The van der Waals surface area contributed by atoms with Crippen molar-refractivity contribution in [2.24, 2.45) is 0 Å². The molecule has 0 saturated heterocycles. The summed E-state index contributed by atoms with van der Waals surface area (Å²) in [4.78, 5) is 3.54. The minimum Gasteiger partial charge on any atom is -0.298 e. The van der Waals surface area contributed by atoms with Crippen LogP contribution in [0, 0.1) is 0 Å². The van der Waals surface area contributed by atoms with Gasteiger partial charge in [-0.1, -0.05) is 23.8 Å². The molecule has 78 valence electrons. The van der Waals surface area contributed by atoms with Crippen LogP contribution in [0.5, 0.6) is 0 Å². The smallest absolute Gasteiger partial charge is 0.0931 e. The van der Waals surface area contributed by atoms with Gasteiger partial charge in [-0.15, -0.1) is 11.3 Å². The zero-order valence-electron chi connectivity index (χ0n) is 8.11. The van der Waals surface area contributed by atoms with Crippen molar-refractivity contribution in [3.63, 3.8) is 0 Å². The van der Waals surface area contributed by atoms with Crippen LogP contribution in [0.2, 0.25) is 4.34 Å². The molecule has 1 heterocycles. The molecule has 0 aromatic carbocycles. The Morgan fingerprint density at radius 3 is 2.86 bits per heavy atom. The third-order valence-corrected chi connectivity index (χ3v) is 3.17. The Hall–Kier alpha value is 0.0400. The number of hydrogen-bond acceptors (Lipinski definition) is 3. The molecule has 0 aliphatic heterocycles. The van der Waals surface area contributed by atoms with Crippen molar-refractivity contribution in [1.29, 1.82) is 0 Å². The second kappa shape index (κ2) is 6.51. The van der Waals surface area contributed by atoms with Gasteiger partial charge in [0.1, 0.15) is 0 Å². The third kappa shape index (κ3) is 4.51. The van der Waals surface area contributed by atoms with Crippen LogP contribution in [0.4, 0.5) is 0 Å². The van der Waals surface area contributed by atoms with Crippen molar-refractivity contribution in [2.45, 2.75) is 6.54 Å². The van der Waals surface area contributed by atoms with Crippen molar-refractivity contribution in [3.05, 3.63) is 33.5 Å². The van der Waals surface area contributed by atoms with E-state index in [0.29, 0.717) is 0 Å². The highest BCUT2D eigenvalue weighted by molar-refractivity contribution is 7.80. The van der Waals surface area contributed by atoms with Crippen LogP contribution in [-0.2, 0) is 6.54 Å². The largest absolute Gasteiger partial charge is 0.298 e. The summed E-state index contributed by atoms with van der Waals surface area (Å²) in [7, 11) is 2.09. The molecule has 1 nitrogen and oxygen atoms in total. The second-order valence-electron chi connectivity index (χ2n) is 3.06. The van der Waals surface area contributed by atoms with Gasteiger partial charge in [-0.25, -0.2) is 0 Å². The van der Waals surface area contributed by atoms with Crippen molar-refractivity contribution < 1.29 is 0 Å². The topological polar surface area (TPSA) is 3.24 Å². The Bertz CT molecular complexity index is 296. The zero-order valence-corrected chi connectivity index (χ0v) is 10.6. The molecule has 0 spiro atoms. The van der Waals surface area contributed by atoms with Gasteiger partial charge in [0, 0.05) is 23.7 Å².